The van der Waals surface area contributed by atoms with E-state index in [0.717, 1.165) is 19.5 Å². The van der Waals surface area contributed by atoms with Crippen molar-refractivity contribution < 1.29 is 4.39 Å². The third-order valence-corrected chi connectivity index (χ3v) is 3.01. The topological polar surface area (TPSA) is 42.1 Å². The van der Waals surface area contributed by atoms with E-state index in [1.807, 2.05) is 11.8 Å². The largest absolute Gasteiger partial charge is 0.354 e. The minimum absolute atomic E-state index is 0.168. The van der Waals surface area contributed by atoms with Gasteiger partial charge in [0.2, 0.25) is 0 Å². The number of nitrogens with zero attached hydrogens (tertiary/aromatic N) is 2. The molecule has 1 aromatic rings. The lowest BCUT2D eigenvalue weighted by Crippen LogP contribution is -2.30. The van der Waals surface area contributed by atoms with Gasteiger partial charge in [-0.1, -0.05) is 0 Å². The number of hydrogen-bond donors (Lipinski definition) is 1. The molecule has 1 saturated heterocycles. The third-order valence-electron chi connectivity index (χ3n) is 3.01. The van der Waals surface area contributed by atoms with Crippen molar-refractivity contribution in [3.05, 3.63) is 24.1 Å². The Morgan fingerprint density at radius 2 is 2.47 bits per heavy atom. The highest BCUT2D eigenvalue weighted by molar-refractivity contribution is 5.40. The molecule has 2 rings (SSSR count). The van der Waals surface area contributed by atoms with Gasteiger partial charge in [-0.15, -0.1) is 0 Å². The number of halogens is 1. The van der Waals surface area contributed by atoms with Crippen molar-refractivity contribution in [2.24, 2.45) is 11.7 Å². The Hall–Kier alpha value is -1.16. The average molecular weight is 209 g/mol. The summed E-state index contributed by atoms with van der Waals surface area (Å²) in [4.78, 5) is 6.04. The number of nitrogens with two attached hydrogens (primary N) is 1. The van der Waals surface area contributed by atoms with Crippen molar-refractivity contribution >= 4 is 5.82 Å². The lowest BCUT2D eigenvalue weighted by Gasteiger charge is -2.19. The van der Waals surface area contributed by atoms with E-state index in [0.29, 0.717) is 11.7 Å². The molecule has 1 aromatic heterocycles. The number of rotatable bonds is 2. The molecule has 1 aliphatic heterocycles. The molecule has 2 atom stereocenters. The second-order valence-electron chi connectivity index (χ2n) is 4.16. The van der Waals surface area contributed by atoms with Crippen LogP contribution >= 0.6 is 0 Å². The van der Waals surface area contributed by atoms with Crippen molar-refractivity contribution in [3.8, 4) is 0 Å². The molecule has 0 bridgehead atoms. The first kappa shape index (κ1) is 10.4. The summed E-state index contributed by atoms with van der Waals surface area (Å²) in [6.07, 6.45) is 2.64. The summed E-state index contributed by atoms with van der Waals surface area (Å²) in [6, 6.07) is 3.22. The summed E-state index contributed by atoms with van der Waals surface area (Å²) in [5.74, 6) is 0.662. The van der Waals surface area contributed by atoms with Crippen LogP contribution in [-0.4, -0.2) is 24.1 Å². The normalized spacial score (nSPS) is 23.1. The van der Waals surface area contributed by atoms with Gasteiger partial charge in [-0.05, 0) is 31.4 Å². The molecule has 82 valence electrons. The Bertz CT molecular complexity index is 340. The summed E-state index contributed by atoms with van der Waals surface area (Å²) < 4.78 is 13.4. The molecule has 3 nitrogen and oxygen atoms in total. The van der Waals surface area contributed by atoms with Crippen LogP contribution in [0.2, 0.25) is 0 Å². The summed E-state index contributed by atoms with van der Waals surface area (Å²) in [5, 5.41) is 0. The lowest BCUT2D eigenvalue weighted by atomic mass is 10.0. The van der Waals surface area contributed by atoms with Gasteiger partial charge < -0.3 is 10.6 Å². The smallest absolute Gasteiger partial charge is 0.165 e. The average Bonchev–Trinajstić information content (AvgIpc) is 2.67. The molecule has 0 aliphatic carbocycles. The number of hydrogen-bond acceptors (Lipinski definition) is 3. The Morgan fingerprint density at radius 3 is 3.07 bits per heavy atom. The van der Waals surface area contributed by atoms with E-state index in [4.69, 9.17) is 5.73 Å². The number of pyridine rings is 1. The summed E-state index contributed by atoms with van der Waals surface area (Å²) >= 11 is 0. The van der Waals surface area contributed by atoms with E-state index < -0.39 is 0 Å². The Kier molecular flexibility index (Phi) is 2.86. The molecule has 0 saturated carbocycles. The van der Waals surface area contributed by atoms with E-state index in [2.05, 4.69) is 4.98 Å². The van der Waals surface area contributed by atoms with Gasteiger partial charge in [-0.2, -0.15) is 0 Å². The first-order valence-electron chi connectivity index (χ1n) is 5.29. The Morgan fingerprint density at radius 1 is 1.67 bits per heavy atom. The molecule has 2 N–H and O–H groups in total. The van der Waals surface area contributed by atoms with Crippen LogP contribution in [0.1, 0.15) is 13.3 Å². The zero-order valence-electron chi connectivity index (χ0n) is 8.86. The van der Waals surface area contributed by atoms with Crippen LogP contribution in [-0.2, 0) is 0 Å². The molecule has 1 aliphatic rings. The highest BCUT2D eigenvalue weighted by Crippen LogP contribution is 2.25. The van der Waals surface area contributed by atoms with Crippen molar-refractivity contribution in [1.82, 2.24) is 4.98 Å². The van der Waals surface area contributed by atoms with Crippen molar-refractivity contribution in [1.29, 1.82) is 0 Å². The van der Waals surface area contributed by atoms with Crippen LogP contribution in [0.4, 0.5) is 10.2 Å². The first-order chi connectivity index (χ1) is 7.18. The molecule has 2 unspecified atom stereocenters. The number of aromatic nitrogens is 1. The third kappa shape index (κ3) is 2.09. The highest BCUT2D eigenvalue weighted by atomic mass is 19.1. The van der Waals surface area contributed by atoms with E-state index in [1.165, 1.54) is 6.07 Å². The van der Waals surface area contributed by atoms with Gasteiger partial charge in [0.05, 0.1) is 0 Å². The SMILES string of the molecule is CC(N)C1CCN(c2ncccc2F)C1. The molecule has 0 aromatic carbocycles. The summed E-state index contributed by atoms with van der Waals surface area (Å²) in [6.45, 7) is 3.66. The maximum Gasteiger partial charge on any atom is 0.165 e. The van der Waals surface area contributed by atoms with Gasteiger partial charge in [-0.25, -0.2) is 9.37 Å². The Labute approximate surface area is 89.1 Å². The molecule has 0 radical (unpaired) electrons. The minimum atomic E-state index is -0.247. The second-order valence-corrected chi connectivity index (χ2v) is 4.16. The van der Waals surface area contributed by atoms with Crippen LogP contribution < -0.4 is 10.6 Å². The molecule has 4 heteroatoms. The first-order valence-corrected chi connectivity index (χ1v) is 5.29. The standard InChI is InChI=1S/C11H16FN3/c1-8(13)9-4-6-15(7-9)11-10(12)3-2-5-14-11/h2-3,5,8-9H,4,6-7,13H2,1H3. The van der Waals surface area contributed by atoms with E-state index in [-0.39, 0.29) is 11.9 Å². The fraction of sp³-hybridized carbons (Fsp3) is 0.545. The highest BCUT2D eigenvalue weighted by Gasteiger charge is 2.27. The molecule has 0 spiro atoms. The molecule has 15 heavy (non-hydrogen) atoms. The van der Waals surface area contributed by atoms with Crippen LogP contribution in [0.3, 0.4) is 0 Å². The zero-order chi connectivity index (χ0) is 10.8. The molecule has 2 heterocycles. The monoisotopic (exact) mass is 209 g/mol. The van der Waals surface area contributed by atoms with Crippen LogP contribution in [0.5, 0.6) is 0 Å². The van der Waals surface area contributed by atoms with Gasteiger partial charge in [0.1, 0.15) is 0 Å². The number of anilines is 1. The predicted molar refractivity (Wildman–Crippen MR) is 58.2 cm³/mol. The zero-order valence-corrected chi connectivity index (χ0v) is 8.86. The maximum atomic E-state index is 13.4. The Balaban J connectivity index is 2.11. The summed E-state index contributed by atoms with van der Waals surface area (Å²) in [5.41, 5.74) is 5.84. The quantitative estimate of drug-likeness (QED) is 0.800. The van der Waals surface area contributed by atoms with Crippen LogP contribution in [0.15, 0.2) is 18.3 Å². The lowest BCUT2D eigenvalue weighted by molar-refractivity contribution is 0.487. The van der Waals surface area contributed by atoms with E-state index in [9.17, 15) is 4.39 Å². The summed E-state index contributed by atoms with van der Waals surface area (Å²) in [7, 11) is 0. The van der Waals surface area contributed by atoms with E-state index >= 15 is 0 Å². The van der Waals surface area contributed by atoms with Gasteiger partial charge >= 0.3 is 0 Å². The minimum Gasteiger partial charge on any atom is -0.354 e. The van der Waals surface area contributed by atoms with Gasteiger partial charge in [0, 0.05) is 25.3 Å². The fourth-order valence-electron chi connectivity index (χ4n) is 2.02. The molecular formula is C11H16FN3. The van der Waals surface area contributed by atoms with Gasteiger partial charge in [0.15, 0.2) is 11.6 Å². The predicted octanol–water partition coefficient (Wildman–Crippen LogP) is 1.39. The fourth-order valence-corrected chi connectivity index (χ4v) is 2.02. The molecular weight excluding hydrogens is 193 g/mol. The molecule has 1 fully saturated rings. The van der Waals surface area contributed by atoms with E-state index in [1.54, 1.807) is 12.3 Å². The second kappa shape index (κ2) is 4.14. The molecule has 0 amide bonds. The van der Waals surface area contributed by atoms with Crippen LogP contribution in [0, 0.1) is 11.7 Å². The van der Waals surface area contributed by atoms with Gasteiger partial charge in [0.25, 0.3) is 0 Å². The van der Waals surface area contributed by atoms with Crippen molar-refractivity contribution in [2.45, 2.75) is 19.4 Å². The van der Waals surface area contributed by atoms with Crippen molar-refractivity contribution in [2.75, 3.05) is 18.0 Å². The van der Waals surface area contributed by atoms with Crippen LogP contribution in [0.25, 0.3) is 0 Å². The van der Waals surface area contributed by atoms with Gasteiger partial charge in [-0.3, -0.25) is 0 Å². The van der Waals surface area contributed by atoms with Crippen molar-refractivity contribution in [3.63, 3.8) is 0 Å². The maximum absolute atomic E-state index is 13.4.